The summed E-state index contributed by atoms with van der Waals surface area (Å²) in [5.74, 6) is -0.382. The van der Waals surface area contributed by atoms with E-state index in [0.29, 0.717) is 18.8 Å². The van der Waals surface area contributed by atoms with Gasteiger partial charge >= 0.3 is 6.03 Å². The van der Waals surface area contributed by atoms with Gasteiger partial charge in [0.1, 0.15) is 5.82 Å². The summed E-state index contributed by atoms with van der Waals surface area (Å²) in [6, 6.07) is 9.35. The number of halogens is 1. The number of amides is 2. The Balaban J connectivity index is 1.70. The van der Waals surface area contributed by atoms with Crippen LogP contribution < -0.4 is 5.32 Å². The third-order valence-corrected chi connectivity index (χ3v) is 3.93. The summed E-state index contributed by atoms with van der Waals surface area (Å²) in [6.45, 7) is 1.69. The van der Waals surface area contributed by atoms with Gasteiger partial charge in [-0.15, -0.1) is 0 Å². The second-order valence-corrected chi connectivity index (χ2v) is 5.81. The van der Waals surface area contributed by atoms with Crippen LogP contribution in [0.25, 0.3) is 0 Å². The van der Waals surface area contributed by atoms with Gasteiger partial charge in [-0.2, -0.15) is 0 Å². The molecule has 1 atom stereocenters. The number of hydrogen-bond acceptors (Lipinski definition) is 3. The summed E-state index contributed by atoms with van der Waals surface area (Å²) < 4.78 is 18.9. The Hall–Kier alpha value is -2.47. The van der Waals surface area contributed by atoms with Crippen molar-refractivity contribution in [2.24, 2.45) is 0 Å². The molecule has 2 amide bonds. The standard InChI is InChI=1S/C18H20FN3O2/c19-15-3-1-4-16(11-15)21-18(23)22(13-17-5-2-10-24-17)12-14-6-8-20-9-7-14/h1,3-4,6-9,11,17H,2,5,10,12-13H2,(H,21,23). The Kier molecular flexibility index (Phi) is 5.38. The van der Waals surface area contributed by atoms with E-state index in [-0.39, 0.29) is 18.0 Å². The van der Waals surface area contributed by atoms with Gasteiger partial charge in [-0.25, -0.2) is 9.18 Å². The summed E-state index contributed by atoms with van der Waals surface area (Å²) in [4.78, 5) is 18.3. The predicted octanol–water partition coefficient (Wildman–Crippen LogP) is 3.43. The zero-order valence-electron chi connectivity index (χ0n) is 13.3. The van der Waals surface area contributed by atoms with E-state index in [1.54, 1.807) is 29.4 Å². The third-order valence-electron chi connectivity index (χ3n) is 3.93. The number of anilines is 1. The number of nitrogens with one attached hydrogen (secondary N) is 1. The molecule has 6 heteroatoms. The first-order valence-electron chi connectivity index (χ1n) is 8.03. The van der Waals surface area contributed by atoms with Crippen molar-refractivity contribution in [3.05, 3.63) is 60.2 Å². The minimum absolute atomic E-state index is 0.0464. The van der Waals surface area contributed by atoms with Crippen molar-refractivity contribution in [1.29, 1.82) is 0 Å². The highest BCUT2D eigenvalue weighted by atomic mass is 19.1. The Morgan fingerprint density at radius 2 is 2.17 bits per heavy atom. The number of nitrogens with zero attached hydrogens (tertiary/aromatic N) is 2. The molecule has 5 nitrogen and oxygen atoms in total. The number of carbonyl (C=O) groups is 1. The van der Waals surface area contributed by atoms with Gasteiger partial charge in [0.15, 0.2) is 0 Å². The molecule has 1 fully saturated rings. The van der Waals surface area contributed by atoms with Gasteiger partial charge in [-0.1, -0.05) is 6.07 Å². The lowest BCUT2D eigenvalue weighted by Crippen LogP contribution is -2.39. The summed E-state index contributed by atoms with van der Waals surface area (Å²) in [5, 5.41) is 2.75. The maximum Gasteiger partial charge on any atom is 0.322 e. The second kappa shape index (κ2) is 7.88. The molecular weight excluding hydrogens is 309 g/mol. The third kappa shape index (κ3) is 4.52. The van der Waals surface area contributed by atoms with Gasteiger partial charge in [-0.3, -0.25) is 4.98 Å². The van der Waals surface area contributed by atoms with Crippen molar-refractivity contribution in [3.8, 4) is 0 Å². The van der Waals surface area contributed by atoms with Crippen LogP contribution in [0.4, 0.5) is 14.9 Å². The molecule has 1 saturated heterocycles. The maximum absolute atomic E-state index is 13.3. The molecule has 1 unspecified atom stereocenters. The molecular formula is C18H20FN3O2. The Bertz CT molecular complexity index is 675. The lowest BCUT2D eigenvalue weighted by molar-refractivity contribution is 0.0819. The molecule has 0 spiro atoms. The lowest BCUT2D eigenvalue weighted by atomic mass is 10.2. The van der Waals surface area contributed by atoms with Gasteiger partial charge in [0.25, 0.3) is 0 Å². The van der Waals surface area contributed by atoms with Crippen LogP contribution in [0, 0.1) is 5.82 Å². The smallest absolute Gasteiger partial charge is 0.322 e. The fraction of sp³-hybridized carbons (Fsp3) is 0.333. The normalized spacial score (nSPS) is 16.8. The van der Waals surface area contributed by atoms with Gasteiger partial charge < -0.3 is 15.0 Å². The number of aromatic nitrogens is 1. The monoisotopic (exact) mass is 329 g/mol. The van der Waals surface area contributed by atoms with E-state index in [9.17, 15) is 9.18 Å². The predicted molar refractivity (Wildman–Crippen MR) is 89.0 cm³/mol. The quantitative estimate of drug-likeness (QED) is 0.914. The highest BCUT2D eigenvalue weighted by Gasteiger charge is 2.23. The van der Waals surface area contributed by atoms with Crippen LogP contribution in [0.3, 0.4) is 0 Å². The Morgan fingerprint density at radius 3 is 2.88 bits per heavy atom. The van der Waals surface area contributed by atoms with E-state index in [4.69, 9.17) is 4.74 Å². The van der Waals surface area contributed by atoms with Crippen LogP contribution in [-0.4, -0.2) is 35.2 Å². The molecule has 1 aliphatic rings. The van der Waals surface area contributed by atoms with Crippen molar-refractivity contribution < 1.29 is 13.9 Å². The number of pyridine rings is 1. The Morgan fingerprint density at radius 1 is 1.33 bits per heavy atom. The molecule has 0 radical (unpaired) electrons. The summed E-state index contributed by atoms with van der Waals surface area (Å²) in [7, 11) is 0. The van der Waals surface area contributed by atoms with E-state index in [0.717, 1.165) is 25.0 Å². The zero-order valence-corrected chi connectivity index (χ0v) is 13.3. The highest BCUT2D eigenvalue weighted by molar-refractivity contribution is 5.89. The molecule has 24 heavy (non-hydrogen) atoms. The molecule has 1 aromatic heterocycles. The van der Waals surface area contributed by atoms with Crippen molar-refractivity contribution >= 4 is 11.7 Å². The summed E-state index contributed by atoms with van der Waals surface area (Å²) in [6.07, 6.45) is 5.40. The maximum atomic E-state index is 13.3. The van der Waals surface area contributed by atoms with Crippen molar-refractivity contribution in [1.82, 2.24) is 9.88 Å². The molecule has 126 valence electrons. The van der Waals surface area contributed by atoms with E-state index in [1.807, 2.05) is 12.1 Å². The van der Waals surface area contributed by atoms with E-state index < -0.39 is 0 Å². The average molecular weight is 329 g/mol. The van der Waals surface area contributed by atoms with Gasteiger partial charge in [0.2, 0.25) is 0 Å². The topological polar surface area (TPSA) is 54.5 Å². The minimum Gasteiger partial charge on any atom is -0.376 e. The number of benzene rings is 1. The molecule has 2 aromatic rings. The molecule has 0 bridgehead atoms. The van der Waals surface area contributed by atoms with Crippen molar-refractivity contribution in [2.45, 2.75) is 25.5 Å². The molecule has 1 aromatic carbocycles. The van der Waals surface area contributed by atoms with Crippen molar-refractivity contribution in [3.63, 3.8) is 0 Å². The number of urea groups is 1. The zero-order chi connectivity index (χ0) is 16.8. The largest absolute Gasteiger partial charge is 0.376 e. The fourth-order valence-corrected chi connectivity index (χ4v) is 2.73. The lowest BCUT2D eigenvalue weighted by Gasteiger charge is -2.26. The van der Waals surface area contributed by atoms with Crippen LogP contribution in [0.5, 0.6) is 0 Å². The van der Waals surface area contributed by atoms with Gasteiger partial charge in [0.05, 0.1) is 6.10 Å². The number of carbonyl (C=O) groups excluding carboxylic acids is 1. The fourth-order valence-electron chi connectivity index (χ4n) is 2.73. The summed E-state index contributed by atoms with van der Waals surface area (Å²) in [5.41, 5.74) is 1.42. The van der Waals surface area contributed by atoms with Gasteiger partial charge in [-0.05, 0) is 48.7 Å². The van der Waals surface area contributed by atoms with Crippen molar-refractivity contribution in [2.75, 3.05) is 18.5 Å². The molecule has 3 rings (SSSR count). The van der Waals surface area contributed by atoms with Crippen LogP contribution >= 0.6 is 0 Å². The van der Waals surface area contributed by atoms with Gasteiger partial charge in [0, 0.05) is 37.8 Å². The number of ether oxygens (including phenoxy) is 1. The molecule has 0 saturated carbocycles. The van der Waals surface area contributed by atoms with Crippen LogP contribution in [0.15, 0.2) is 48.8 Å². The number of rotatable bonds is 5. The van der Waals surface area contributed by atoms with Crippen LogP contribution in [0.2, 0.25) is 0 Å². The molecule has 2 heterocycles. The Labute approximate surface area is 140 Å². The van der Waals surface area contributed by atoms with Crippen LogP contribution in [-0.2, 0) is 11.3 Å². The summed E-state index contributed by atoms with van der Waals surface area (Å²) >= 11 is 0. The van der Waals surface area contributed by atoms with E-state index >= 15 is 0 Å². The first kappa shape index (κ1) is 16.4. The average Bonchev–Trinajstić information content (AvgIpc) is 3.08. The number of hydrogen-bond donors (Lipinski definition) is 1. The van der Waals surface area contributed by atoms with E-state index in [1.165, 1.54) is 12.1 Å². The molecule has 1 aliphatic heterocycles. The van der Waals surface area contributed by atoms with E-state index in [2.05, 4.69) is 10.3 Å². The SMILES string of the molecule is O=C(Nc1cccc(F)c1)N(Cc1ccncc1)CC1CCCO1. The first-order chi connectivity index (χ1) is 11.7. The molecule has 0 aliphatic carbocycles. The highest BCUT2D eigenvalue weighted by Crippen LogP contribution is 2.17. The minimum atomic E-state index is -0.382. The second-order valence-electron chi connectivity index (χ2n) is 5.81. The first-order valence-corrected chi connectivity index (χ1v) is 8.03. The molecule has 1 N–H and O–H groups in total. The van der Waals surface area contributed by atoms with Crippen LogP contribution in [0.1, 0.15) is 18.4 Å².